The molecular formula is C7H2I2N4OS. The highest BCUT2D eigenvalue weighted by Crippen LogP contribution is 2.43. The van der Waals surface area contributed by atoms with Gasteiger partial charge in [0.1, 0.15) is 11.2 Å². The fourth-order valence-corrected chi connectivity index (χ4v) is 3.74. The molecule has 8 heteroatoms. The van der Waals surface area contributed by atoms with Gasteiger partial charge in [-0.15, -0.1) is 11.3 Å². The lowest BCUT2D eigenvalue weighted by Crippen LogP contribution is -2.30. The molecule has 1 N–H and O–H groups in total. The van der Waals surface area contributed by atoms with Gasteiger partial charge in [-0.3, -0.25) is 0 Å². The van der Waals surface area contributed by atoms with Gasteiger partial charge >= 0.3 is 6.03 Å². The second-order valence-corrected chi connectivity index (χ2v) is 6.61. The van der Waals surface area contributed by atoms with Crippen LogP contribution < -0.4 is 8.43 Å². The summed E-state index contributed by atoms with van der Waals surface area (Å²) in [6, 6.07) is -0.167. The van der Waals surface area contributed by atoms with E-state index >= 15 is 0 Å². The normalized spacial score (nSPS) is 14.5. The maximum Gasteiger partial charge on any atom is 0.336 e. The number of rotatable bonds is 0. The maximum atomic E-state index is 11.6. The van der Waals surface area contributed by atoms with Crippen molar-refractivity contribution in [1.82, 2.24) is 9.97 Å². The van der Waals surface area contributed by atoms with Gasteiger partial charge in [-0.1, -0.05) is 0 Å². The summed E-state index contributed by atoms with van der Waals surface area (Å²) >= 11 is 5.68. The first-order valence-corrected chi connectivity index (χ1v) is 6.74. The van der Waals surface area contributed by atoms with Crippen LogP contribution in [0.5, 0.6) is 0 Å². The summed E-state index contributed by atoms with van der Waals surface area (Å²) in [7, 11) is 0. The van der Waals surface area contributed by atoms with Crippen molar-refractivity contribution in [3.8, 4) is 0 Å². The number of hydrogen-bond acceptors (Lipinski definition) is 4. The van der Waals surface area contributed by atoms with Gasteiger partial charge in [0.15, 0.2) is 5.82 Å². The Labute approximate surface area is 116 Å². The van der Waals surface area contributed by atoms with E-state index in [-0.39, 0.29) is 6.03 Å². The minimum atomic E-state index is -0.167. The molecule has 3 heterocycles. The van der Waals surface area contributed by atoms with Crippen LogP contribution in [0, 0.1) is 2.88 Å². The lowest BCUT2D eigenvalue weighted by atomic mass is 10.3. The molecule has 1 aliphatic rings. The second-order valence-electron chi connectivity index (χ2n) is 2.84. The Morgan fingerprint density at radius 3 is 3.07 bits per heavy atom. The van der Waals surface area contributed by atoms with Crippen LogP contribution in [0.2, 0.25) is 0 Å². The molecule has 0 saturated carbocycles. The number of carbonyl (C=O) groups excluding carboxylic acids is 1. The van der Waals surface area contributed by atoms with Gasteiger partial charge < -0.3 is 5.32 Å². The van der Waals surface area contributed by atoms with Gasteiger partial charge in [0.25, 0.3) is 0 Å². The largest absolute Gasteiger partial charge is 0.336 e. The van der Waals surface area contributed by atoms with Crippen LogP contribution in [0.15, 0.2) is 6.33 Å². The molecule has 0 spiro atoms. The number of nitrogens with one attached hydrogen (secondary N) is 1. The molecule has 0 saturated heterocycles. The van der Waals surface area contributed by atoms with Crippen molar-refractivity contribution < 1.29 is 4.79 Å². The van der Waals surface area contributed by atoms with Crippen LogP contribution in [0.3, 0.4) is 0 Å². The van der Waals surface area contributed by atoms with Gasteiger partial charge in [-0.25, -0.2) is 17.9 Å². The summed E-state index contributed by atoms with van der Waals surface area (Å²) in [5, 5.41) is 3.76. The zero-order valence-electron chi connectivity index (χ0n) is 6.99. The van der Waals surface area contributed by atoms with Crippen LogP contribution in [0.25, 0.3) is 10.2 Å². The SMILES string of the molecule is O=C1Nc2c(I)sc3ncnc(c23)N1I. The minimum absolute atomic E-state index is 0.167. The molecule has 5 nitrogen and oxygen atoms in total. The van der Waals surface area contributed by atoms with Crippen LogP contribution in [0.4, 0.5) is 16.3 Å². The van der Waals surface area contributed by atoms with E-state index in [9.17, 15) is 4.79 Å². The zero-order chi connectivity index (χ0) is 10.6. The number of hydrogen-bond donors (Lipinski definition) is 1. The van der Waals surface area contributed by atoms with E-state index in [0.717, 1.165) is 18.8 Å². The predicted octanol–water partition coefficient (Wildman–Crippen LogP) is 3.00. The van der Waals surface area contributed by atoms with Gasteiger partial charge in [0.2, 0.25) is 0 Å². The summed E-state index contributed by atoms with van der Waals surface area (Å²) in [6.07, 6.45) is 1.48. The molecular weight excluding hydrogens is 442 g/mol. The fraction of sp³-hybridized carbons (Fsp3) is 0. The van der Waals surface area contributed by atoms with Gasteiger partial charge in [0.05, 0.1) is 36.8 Å². The van der Waals surface area contributed by atoms with E-state index in [0.29, 0.717) is 5.82 Å². The number of anilines is 2. The van der Waals surface area contributed by atoms with Crippen molar-refractivity contribution in [1.29, 1.82) is 0 Å². The number of halogens is 2. The van der Waals surface area contributed by atoms with E-state index in [1.807, 2.05) is 22.9 Å². The first kappa shape index (κ1) is 9.96. The Hall–Kier alpha value is -0.230. The number of thiophene rings is 1. The summed E-state index contributed by atoms with van der Waals surface area (Å²) in [5.74, 6) is 0.665. The third-order valence-corrected chi connectivity index (χ3v) is 5.00. The van der Waals surface area contributed by atoms with E-state index in [1.165, 1.54) is 9.44 Å². The Balaban J connectivity index is 2.47. The molecule has 15 heavy (non-hydrogen) atoms. The summed E-state index contributed by atoms with van der Waals surface area (Å²) < 4.78 is 2.50. The topological polar surface area (TPSA) is 58.1 Å². The van der Waals surface area contributed by atoms with E-state index in [2.05, 4.69) is 37.9 Å². The van der Waals surface area contributed by atoms with Crippen molar-refractivity contribution in [2.24, 2.45) is 0 Å². The lowest BCUT2D eigenvalue weighted by Gasteiger charge is -2.20. The predicted molar refractivity (Wildman–Crippen MR) is 75.6 cm³/mol. The minimum Gasteiger partial charge on any atom is -0.304 e. The third-order valence-electron chi connectivity index (χ3n) is 2.02. The molecule has 0 radical (unpaired) electrons. The summed E-state index contributed by atoms with van der Waals surface area (Å²) in [6.45, 7) is 0. The molecule has 2 aromatic rings. The first-order valence-electron chi connectivity index (χ1n) is 3.88. The molecule has 0 aliphatic carbocycles. The van der Waals surface area contributed by atoms with E-state index < -0.39 is 0 Å². The second kappa shape index (κ2) is 3.38. The molecule has 2 aromatic heterocycles. The Bertz CT molecular complexity index is 584. The number of amides is 2. The van der Waals surface area contributed by atoms with Crippen molar-refractivity contribution in [2.75, 3.05) is 8.43 Å². The fourth-order valence-electron chi connectivity index (χ4n) is 1.40. The van der Waals surface area contributed by atoms with E-state index in [1.54, 1.807) is 11.3 Å². The van der Waals surface area contributed by atoms with Gasteiger partial charge in [0, 0.05) is 0 Å². The van der Waals surface area contributed by atoms with Crippen molar-refractivity contribution in [2.45, 2.75) is 0 Å². The lowest BCUT2D eigenvalue weighted by molar-refractivity contribution is 0.260. The number of urea groups is 1. The molecule has 0 fully saturated rings. The molecule has 1 aliphatic heterocycles. The molecule has 0 unspecified atom stereocenters. The highest BCUT2D eigenvalue weighted by molar-refractivity contribution is 14.1. The van der Waals surface area contributed by atoms with Crippen LogP contribution in [-0.2, 0) is 0 Å². The number of aromatic nitrogens is 2. The average Bonchev–Trinajstić information content (AvgIpc) is 2.53. The highest BCUT2D eigenvalue weighted by atomic mass is 127. The third kappa shape index (κ3) is 1.34. The van der Waals surface area contributed by atoms with Gasteiger partial charge in [-0.2, -0.15) is 0 Å². The zero-order valence-corrected chi connectivity index (χ0v) is 12.1. The Morgan fingerprint density at radius 1 is 1.47 bits per heavy atom. The molecule has 76 valence electrons. The van der Waals surface area contributed by atoms with Crippen LogP contribution in [-0.4, -0.2) is 16.0 Å². The van der Waals surface area contributed by atoms with Crippen molar-refractivity contribution >= 4 is 84.5 Å². The van der Waals surface area contributed by atoms with E-state index in [4.69, 9.17) is 0 Å². The average molecular weight is 444 g/mol. The standard InChI is InChI=1S/C7H2I2N4OS/c8-4-3-2-5(13(9)7(14)12-3)10-1-11-6(2)15-4/h1H,(H,12,14). The van der Waals surface area contributed by atoms with Crippen molar-refractivity contribution in [3.05, 3.63) is 9.21 Å². The van der Waals surface area contributed by atoms with Crippen molar-refractivity contribution in [3.63, 3.8) is 0 Å². The molecule has 0 atom stereocenters. The smallest absolute Gasteiger partial charge is 0.304 e. The van der Waals surface area contributed by atoms with Crippen LogP contribution in [0.1, 0.15) is 0 Å². The molecule has 3 rings (SSSR count). The highest BCUT2D eigenvalue weighted by Gasteiger charge is 2.28. The quantitative estimate of drug-likeness (QED) is 0.503. The Kier molecular flexibility index (Phi) is 2.24. The molecule has 2 amide bonds. The summed E-state index contributed by atoms with van der Waals surface area (Å²) in [5.41, 5.74) is 0.837. The number of nitrogens with zero attached hydrogens (tertiary/aromatic N) is 3. The van der Waals surface area contributed by atoms with Crippen LogP contribution >= 0.6 is 56.8 Å². The molecule has 0 aromatic carbocycles. The maximum absolute atomic E-state index is 11.6. The van der Waals surface area contributed by atoms with Gasteiger partial charge in [-0.05, 0) is 22.6 Å². The Morgan fingerprint density at radius 2 is 2.27 bits per heavy atom. The molecule has 0 bridgehead atoms. The first-order chi connectivity index (χ1) is 7.18. The monoisotopic (exact) mass is 444 g/mol. The summed E-state index contributed by atoms with van der Waals surface area (Å²) in [4.78, 5) is 20.8. The number of carbonyl (C=O) groups is 1.